The van der Waals surface area contributed by atoms with Gasteiger partial charge in [-0.25, -0.2) is 0 Å². The van der Waals surface area contributed by atoms with Gasteiger partial charge in [-0.2, -0.15) is 0 Å². The Hall–Kier alpha value is -1.32. The van der Waals surface area contributed by atoms with Crippen LogP contribution in [0.1, 0.15) is 24.0 Å². The molecule has 4 heteroatoms. The van der Waals surface area contributed by atoms with Crippen LogP contribution < -0.4 is 5.32 Å². The Morgan fingerprint density at radius 1 is 0.880 bits per heavy atom. The predicted octanol–water partition coefficient (Wildman–Crippen LogP) is 4.80. The van der Waals surface area contributed by atoms with Crippen LogP contribution in [0.25, 0.3) is 6.08 Å². The molecule has 0 spiro atoms. The molecule has 2 nitrogen and oxygen atoms in total. The first-order valence-corrected chi connectivity index (χ1v) is 8.61. The fourth-order valence-corrected chi connectivity index (χ4v) is 3.13. The quantitative estimate of drug-likeness (QED) is 0.776. The Morgan fingerprint density at radius 2 is 1.48 bits per heavy atom. The average molecular weight is 379 g/mol. The minimum Gasteiger partial charge on any atom is -0.310 e. The van der Waals surface area contributed by atoms with Crippen LogP contribution in [0.3, 0.4) is 0 Å². The van der Waals surface area contributed by atoms with Crippen molar-refractivity contribution >= 4 is 30.9 Å². The molecule has 25 heavy (non-hydrogen) atoms. The Morgan fingerprint density at radius 3 is 2.12 bits per heavy atom. The second kappa shape index (κ2) is 12.1. The van der Waals surface area contributed by atoms with Gasteiger partial charge in [-0.1, -0.05) is 72.8 Å². The van der Waals surface area contributed by atoms with Crippen LogP contribution in [-0.2, 0) is 6.54 Å². The molecule has 0 atom stereocenters. The first kappa shape index (κ1) is 21.7. The molecular weight excluding hydrogens is 351 g/mol. The predicted molar refractivity (Wildman–Crippen MR) is 113 cm³/mol. The zero-order valence-electron chi connectivity index (χ0n) is 14.5. The van der Waals surface area contributed by atoms with Crippen molar-refractivity contribution in [3.63, 3.8) is 0 Å². The van der Waals surface area contributed by atoms with E-state index in [1.54, 1.807) is 0 Å². The smallest absolute Gasteiger partial charge is 0.0233 e. The highest BCUT2D eigenvalue weighted by molar-refractivity contribution is 5.85. The third-order valence-electron chi connectivity index (χ3n) is 4.47. The molecule has 0 aromatic heterocycles. The van der Waals surface area contributed by atoms with Gasteiger partial charge in [0, 0.05) is 19.1 Å². The third-order valence-corrected chi connectivity index (χ3v) is 4.47. The molecule has 0 bridgehead atoms. The van der Waals surface area contributed by atoms with E-state index in [2.05, 4.69) is 83.0 Å². The topological polar surface area (TPSA) is 15.3 Å². The first-order chi connectivity index (χ1) is 11.4. The maximum absolute atomic E-state index is 3.66. The van der Waals surface area contributed by atoms with E-state index in [0.29, 0.717) is 6.04 Å². The van der Waals surface area contributed by atoms with Crippen molar-refractivity contribution in [3.05, 3.63) is 77.9 Å². The molecule has 1 N–H and O–H groups in total. The van der Waals surface area contributed by atoms with Gasteiger partial charge in [-0.3, -0.25) is 4.90 Å². The van der Waals surface area contributed by atoms with Gasteiger partial charge in [0.05, 0.1) is 0 Å². The summed E-state index contributed by atoms with van der Waals surface area (Å²) < 4.78 is 0. The number of benzene rings is 2. The van der Waals surface area contributed by atoms with Crippen LogP contribution >= 0.6 is 24.8 Å². The molecule has 1 heterocycles. The number of piperidine rings is 1. The van der Waals surface area contributed by atoms with Gasteiger partial charge in [-0.05, 0) is 37.1 Å². The highest BCUT2D eigenvalue weighted by atomic mass is 35.5. The summed E-state index contributed by atoms with van der Waals surface area (Å²) in [6, 6.07) is 21.9. The van der Waals surface area contributed by atoms with Crippen molar-refractivity contribution in [2.24, 2.45) is 0 Å². The average Bonchev–Trinajstić information content (AvgIpc) is 2.62. The molecule has 0 saturated carbocycles. The van der Waals surface area contributed by atoms with E-state index in [9.17, 15) is 0 Å². The molecule has 0 radical (unpaired) electrons. The number of hydrogen-bond acceptors (Lipinski definition) is 2. The molecule has 3 rings (SSSR count). The third kappa shape index (κ3) is 7.62. The molecule has 2 aromatic carbocycles. The Labute approximate surface area is 164 Å². The SMILES string of the molecule is C(=C\c1ccccc1)/CNC1CCN(Cc2ccccc2)CC1.Cl.Cl. The summed E-state index contributed by atoms with van der Waals surface area (Å²) in [6.07, 6.45) is 6.90. The molecule has 1 aliphatic rings. The molecule has 1 fully saturated rings. The molecular formula is C21H28Cl2N2. The van der Waals surface area contributed by atoms with Crippen molar-refractivity contribution in [3.8, 4) is 0 Å². The molecule has 0 amide bonds. The van der Waals surface area contributed by atoms with Gasteiger partial charge >= 0.3 is 0 Å². The van der Waals surface area contributed by atoms with Gasteiger partial charge in [-0.15, -0.1) is 24.8 Å². The summed E-state index contributed by atoms with van der Waals surface area (Å²) in [7, 11) is 0. The van der Waals surface area contributed by atoms with E-state index < -0.39 is 0 Å². The van der Waals surface area contributed by atoms with Crippen molar-refractivity contribution in [2.45, 2.75) is 25.4 Å². The molecule has 0 unspecified atom stereocenters. The maximum Gasteiger partial charge on any atom is 0.0233 e. The number of nitrogens with one attached hydrogen (secondary N) is 1. The highest BCUT2D eigenvalue weighted by Gasteiger charge is 2.18. The number of likely N-dealkylation sites (tertiary alicyclic amines) is 1. The fourth-order valence-electron chi connectivity index (χ4n) is 3.13. The van der Waals surface area contributed by atoms with E-state index in [4.69, 9.17) is 0 Å². The summed E-state index contributed by atoms with van der Waals surface area (Å²) in [4.78, 5) is 2.56. The van der Waals surface area contributed by atoms with E-state index in [-0.39, 0.29) is 24.8 Å². The number of nitrogens with zero attached hydrogens (tertiary/aromatic N) is 1. The van der Waals surface area contributed by atoms with Gasteiger partial charge in [0.1, 0.15) is 0 Å². The van der Waals surface area contributed by atoms with Gasteiger partial charge in [0.15, 0.2) is 0 Å². The maximum atomic E-state index is 3.66. The van der Waals surface area contributed by atoms with Crippen molar-refractivity contribution in [1.29, 1.82) is 0 Å². The minimum absolute atomic E-state index is 0. The summed E-state index contributed by atoms with van der Waals surface area (Å²) in [5.41, 5.74) is 2.69. The summed E-state index contributed by atoms with van der Waals surface area (Å²) in [6.45, 7) is 4.42. The monoisotopic (exact) mass is 378 g/mol. The Bertz CT molecular complexity index is 594. The van der Waals surface area contributed by atoms with Crippen LogP contribution in [0.4, 0.5) is 0 Å². The number of halogens is 2. The second-order valence-corrected chi connectivity index (χ2v) is 6.26. The molecule has 136 valence electrons. The number of hydrogen-bond donors (Lipinski definition) is 1. The molecule has 2 aromatic rings. The lowest BCUT2D eigenvalue weighted by atomic mass is 10.0. The van der Waals surface area contributed by atoms with E-state index in [1.165, 1.54) is 37.1 Å². The van der Waals surface area contributed by atoms with Crippen LogP contribution in [0.15, 0.2) is 66.7 Å². The molecule has 0 aliphatic carbocycles. The van der Waals surface area contributed by atoms with Gasteiger partial charge in [0.2, 0.25) is 0 Å². The lowest BCUT2D eigenvalue weighted by Crippen LogP contribution is -2.42. The molecule has 1 aliphatic heterocycles. The lowest BCUT2D eigenvalue weighted by Gasteiger charge is -2.32. The summed E-state index contributed by atoms with van der Waals surface area (Å²) >= 11 is 0. The van der Waals surface area contributed by atoms with Gasteiger partial charge in [0.25, 0.3) is 0 Å². The largest absolute Gasteiger partial charge is 0.310 e. The van der Waals surface area contributed by atoms with Gasteiger partial charge < -0.3 is 5.32 Å². The summed E-state index contributed by atoms with van der Waals surface area (Å²) in [5.74, 6) is 0. The van der Waals surface area contributed by atoms with Crippen LogP contribution in [0, 0.1) is 0 Å². The van der Waals surface area contributed by atoms with Crippen LogP contribution in [0.2, 0.25) is 0 Å². The minimum atomic E-state index is 0. The number of rotatable bonds is 6. The molecule has 1 saturated heterocycles. The van der Waals surface area contributed by atoms with E-state index >= 15 is 0 Å². The van der Waals surface area contributed by atoms with E-state index in [1.807, 2.05) is 0 Å². The zero-order valence-corrected chi connectivity index (χ0v) is 16.1. The van der Waals surface area contributed by atoms with Crippen LogP contribution in [0.5, 0.6) is 0 Å². The van der Waals surface area contributed by atoms with Crippen LogP contribution in [-0.4, -0.2) is 30.6 Å². The van der Waals surface area contributed by atoms with Crippen molar-refractivity contribution < 1.29 is 0 Å². The fraction of sp³-hybridized carbons (Fsp3) is 0.333. The Balaban J connectivity index is 0.00000156. The summed E-state index contributed by atoms with van der Waals surface area (Å²) in [5, 5.41) is 3.66. The van der Waals surface area contributed by atoms with Crippen molar-refractivity contribution in [2.75, 3.05) is 19.6 Å². The zero-order chi connectivity index (χ0) is 15.7. The standard InChI is InChI=1S/C21H26N2.2ClH/c1-3-8-19(9-4-1)12-7-15-22-21-13-16-23(17-14-21)18-20-10-5-2-6-11-20;;/h1-12,21-22H,13-18H2;2*1H/b12-7+;;. The lowest BCUT2D eigenvalue weighted by molar-refractivity contribution is 0.192. The first-order valence-electron chi connectivity index (χ1n) is 8.61. The highest BCUT2D eigenvalue weighted by Crippen LogP contribution is 2.13. The Kier molecular flexibility index (Phi) is 10.5. The second-order valence-electron chi connectivity index (χ2n) is 6.26. The van der Waals surface area contributed by atoms with E-state index in [0.717, 1.165) is 13.1 Å². The normalized spacial score (nSPS) is 15.5. The van der Waals surface area contributed by atoms with Crippen molar-refractivity contribution in [1.82, 2.24) is 10.2 Å².